The average molecular weight is 351 g/mol. The lowest BCUT2D eigenvalue weighted by Gasteiger charge is -2.27. The molecule has 2 rings (SSSR count). The highest BCUT2D eigenvalue weighted by molar-refractivity contribution is 7.89. The van der Waals surface area contributed by atoms with Crippen LogP contribution in [0, 0.1) is 0 Å². The number of hydrogen-bond acceptors (Lipinski definition) is 4. The van der Waals surface area contributed by atoms with E-state index in [1.807, 2.05) is 0 Å². The highest BCUT2D eigenvalue weighted by atomic mass is 32.2. The molecule has 1 aromatic carbocycles. The number of alkyl halides is 3. The van der Waals surface area contributed by atoms with Crippen molar-refractivity contribution in [1.82, 2.24) is 0 Å². The number of ether oxygens (including phenoxy) is 1. The van der Waals surface area contributed by atoms with Crippen LogP contribution in [0.3, 0.4) is 0 Å². The van der Waals surface area contributed by atoms with Crippen LogP contribution in [0.2, 0.25) is 0 Å². The van der Waals surface area contributed by atoms with Crippen molar-refractivity contribution in [2.45, 2.75) is 43.2 Å². The maximum atomic E-state index is 12.5. The van der Waals surface area contributed by atoms with Gasteiger partial charge in [0.15, 0.2) is 0 Å². The molecule has 0 bridgehead atoms. The molecule has 2 N–H and O–H groups in total. The Bertz CT molecular complexity index is 754. The quantitative estimate of drug-likeness (QED) is 0.900. The summed E-state index contributed by atoms with van der Waals surface area (Å²) in [7, 11) is -4.03. The van der Waals surface area contributed by atoms with Gasteiger partial charge in [0.1, 0.15) is 5.75 Å². The lowest BCUT2D eigenvalue weighted by molar-refractivity contribution is -0.172. The fourth-order valence-corrected chi connectivity index (χ4v) is 3.13. The van der Waals surface area contributed by atoms with Crippen LogP contribution >= 0.6 is 0 Å². The second-order valence-corrected chi connectivity index (χ2v) is 7.65. The van der Waals surface area contributed by atoms with Crippen LogP contribution in [0.5, 0.6) is 5.75 Å². The highest BCUT2D eigenvalue weighted by Gasteiger charge is 2.43. The number of halogens is 3. The minimum absolute atomic E-state index is 0.204. The summed E-state index contributed by atoms with van der Waals surface area (Å²) >= 11 is 0. The maximum Gasteiger partial charge on any atom is 0.450 e. The van der Waals surface area contributed by atoms with Gasteiger partial charge < -0.3 is 4.74 Å². The van der Waals surface area contributed by atoms with E-state index in [4.69, 9.17) is 9.88 Å². The Hall–Kier alpha value is -1.61. The monoisotopic (exact) mass is 351 g/mol. The van der Waals surface area contributed by atoms with Crippen LogP contribution in [0.25, 0.3) is 0 Å². The number of sulfonamides is 1. The number of Topliss-reactive ketones (excluding diaryl/α,β-unsaturated/α-hetero) is 1. The third-order valence-electron chi connectivity index (χ3n) is 3.73. The molecular weight excluding hydrogens is 335 g/mol. The smallest absolute Gasteiger partial charge is 0.450 e. The van der Waals surface area contributed by atoms with E-state index in [-0.39, 0.29) is 10.5 Å². The predicted octanol–water partition coefficient (Wildman–Crippen LogP) is 2.07. The lowest BCUT2D eigenvalue weighted by atomic mass is 9.79. The number of carbonyl (C=O) groups is 1. The van der Waals surface area contributed by atoms with Gasteiger partial charge in [-0.05, 0) is 17.7 Å². The third-order valence-corrected chi connectivity index (χ3v) is 4.63. The van der Waals surface area contributed by atoms with E-state index in [1.54, 1.807) is 0 Å². The van der Waals surface area contributed by atoms with Crippen LogP contribution in [0.15, 0.2) is 17.0 Å². The zero-order valence-corrected chi connectivity index (χ0v) is 13.3. The molecule has 0 spiro atoms. The van der Waals surface area contributed by atoms with Crippen molar-refractivity contribution >= 4 is 15.8 Å². The number of benzene rings is 1. The van der Waals surface area contributed by atoms with E-state index < -0.39 is 33.8 Å². The molecule has 1 heterocycles. The average Bonchev–Trinajstić information content (AvgIpc) is 2.82. The molecule has 0 unspecified atom stereocenters. The number of primary sulfonamides is 1. The fourth-order valence-electron chi connectivity index (χ4n) is 2.54. The van der Waals surface area contributed by atoms with E-state index in [2.05, 4.69) is 0 Å². The molecule has 128 valence electrons. The summed E-state index contributed by atoms with van der Waals surface area (Å²) in [4.78, 5) is 11.1. The Morgan fingerprint density at radius 2 is 1.91 bits per heavy atom. The topological polar surface area (TPSA) is 86.5 Å². The molecule has 1 aliphatic heterocycles. The van der Waals surface area contributed by atoms with E-state index in [9.17, 15) is 26.4 Å². The molecular formula is C14H16F3NO4S. The molecule has 9 heteroatoms. The first-order chi connectivity index (χ1) is 10.3. The minimum atomic E-state index is -4.95. The SMILES string of the molecule is CC(C)(CC(=O)C(F)(F)F)c1cc(S(N)(=O)=O)cc2c1OCC2. The first-order valence-electron chi connectivity index (χ1n) is 6.75. The van der Waals surface area contributed by atoms with Crippen LogP contribution in [-0.2, 0) is 26.7 Å². The van der Waals surface area contributed by atoms with Gasteiger partial charge in [0.25, 0.3) is 0 Å². The number of nitrogens with two attached hydrogens (primary N) is 1. The number of ketones is 1. The largest absolute Gasteiger partial charge is 0.493 e. The molecule has 1 aliphatic rings. The molecule has 0 fully saturated rings. The Morgan fingerprint density at radius 3 is 2.43 bits per heavy atom. The standard InChI is InChI=1S/C14H16F3NO4S/c1-13(2,7-11(19)14(15,16)17)10-6-9(23(18,20)21)5-8-3-4-22-12(8)10/h5-6H,3-4,7H2,1-2H3,(H2,18,20,21). The zero-order valence-electron chi connectivity index (χ0n) is 12.5. The van der Waals surface area contributed by atoms with Gasteiger partial charge in [0, 0.05) is 23.8 Å². The molecule has 0 aromatic heterocycles. The zero-order chi connectivity index (χ0) is 17.6. The molecule has 0 amide bonds. The number of rotatable bonds is 4. The van der Waals surface area contributed by atoms with Crippen molar-refractivity contribution in [1.29, 1.82) is 0 Å². The first kappa shape index (κ1) is 17.7. The summed E-state index contributed by atoms with van der Waals surface area (Å²) in [6.45, 7) is 3.15. The maximum absolute atomic E-state index is 12.5. The molecule has 0 radical (unpaired) electrons. The number of fused-ring (bicyclic) bond motifs is 1. The van der Waals surface area contributed by atoms with Crippen LogP contribution in [0.1, 0.15) is 31.4 Å². The molecule has 0 saturated heterocycles. The van der Waals surface area contributed by atoms with Gasteiger partial charge in [-0.3, -0.25) is 4.79 Å². The summed E-state index contributed by atoms with van der Waals surface area (Å²) in [5, 5.41) is 5.12. The highest BCUT2D eigenvalue weighted by Crippen LogP contribution is 2.42. The molecule has 5 nitrogen and oxygen atoms in total. The van der Waals surface area contributed by atoms with Gasteiger partial charge in [-0.1, -0.05) is 13.8 Å². The van der Waals surface area contributed by atoms with Crippen molar-refractivity contribution < 1.29 is 31.1 Å². The summed E-state index contributed by atoms with van der Waals surface area (Å²) < 4.78 is 66.2. The van der Waals surface area contributed by atoms with Crippen molar-refractivity contribution in [2.24, 2.45) is 5.14 Å². The van der Waals surface area contributed by atoms with Gasteiger partial charge in [0.2, 0.25) is 15.8 Å². The van der Waals surface area contributed by atoms with Gasteiger partial charge >= 0.3 is 6.18 Å². The second kappa shape index (κ2) is 5.48. The molecule has 0 aliphatic carbocycles. The summed E-state index contributed by atoms with van der Waals surface area (Å²) in [6, 6.07) is 2.53. The molecule has 0 atom stereocenters. The first-order valence-corrected chi connectivity index (χ1v) is 8.30. The Labute approximate surface area is 131 Å². The number of carbonyl (C=O) groups excluding carboxylic acids is 1. The van der Waals surface area contributed by atoms with E-state index in [1.165, 1.54) is 26.0 Å². The van der Waals surface area contributed by atoms with Crippen molar-refractivity contribution in [2.75, 3.05) is 6.61 Å². The minimum Gasteiger partial charge on any atom is -0.493 e. The van der Waals surface area contributed by atoms with Crippen molar-refractivity contribution in [3.63, 3.8) is 0 Å². The van der Waals surface area contributed by atoms with E-state index in [0.29, 0.717) is 24.3 Å². The van der Waals surface area contributed by atoms with Crippen LogP contribution < -0.4 is 9.88 Å². The second-order valence-electron chi connectivity index (χ2n) is 6.08. The molecule has 0 saturated carbocycles. The Balaban J connectivity index is 2.53. The predicted molar refractivity (Wildman–Crippen MR) is 75.7 cm³/mol. The Kier molecular flexibility index (Phi) is 4.23. The van der Waals surface area contributed by atoms with Gasteiger partial charge in [-0.25, -0.2) is 13.6 Å². The third kappa shape index (κ3) is 3.66. The van der Waals surface area contributed by atoms with Gasteiger partial charge in [-0.15, -0.1) is 0 Å². The Morgan fingerprint density at radius 1 is 1.30 bits per heavy atom. The van der Waals surface area contributed by atoms with Crippen molar-refractivity contribution in [3.8, 4) is 5.75 Å². The van der Waals surface area contributed by atoms with E-state index >= 15 is 0 Å². The summed E-state index contributed by atoms with van der Waals surface area (Å²) in [6.07, 6.45) is -5.34. The summed E-state index contributed by atoms with van der Waals surface area (Å²) in [5.41, 5.74) is -0.477. The molecule has 1 aromatic rings. The lowest BCUT2D eigenvalue weighted by Crippen LogP contribution is -2.31. The van der Waals surface area contributed by atoms with Gasteiger partial charge in [-0.2, -0.15) is 13.2 Å². The normalized spacial score (nSPS) is 15.2. The van der Waals surface area contributed by atoms with Gasteiger partial charge in [0.05, 0.1) is 11.5 Å². The van der Waals surface area contributed by atoms with Crippen LogP contribution in [-0.4, -0.2) is 27.0 Å². The number of hydrogen-bond donors (Lipinski definition) is 1. The van der Waals surface area contributed by atoms with E-state index in [0.717, 1.165) is 0 Å². The van der Waals surface area contributed by atoms with Crippen molar-refractivity contribution in [3.05, 3.63) is 23.3 Å². The van der Waals surface area contributed by atoms with Crippen LogP contribution in [0.4, 0.5) is 13.2 Å². The fraction of sp³-hybridized carbons (Fsp3) is 0.500. The molecule has 23 heavy (non-hydrogen) atoms. The summed E-state index contributed by atoms with van der Waals surface area (Å²) in [5.74, 6) is -1.55.